The van der Waals surface area contributed by atoms with E-state index in [0.717, 1.165) is 5.75 Å². The van der Waals surface area contributed by atoms with E-state index < -0.39 is 15.6 Å². The fourth-order valence-electron chi connectivity index (χ4n) is 2.35. The molecule has 0 saturated carbocycles. The zero-order valence-corrected chi connectivity index (χ0v) is 14.1. The Morgan fingerprint density at radius 1 is 0.864 bits per heavy atom. The van der Waals surface area contributed by atoms with Gasteiger partial charge in [0.2, 0.25) is 10.0 Å². The van der Waals surface area contributed by atoms with E-state index in [1.54, 1.807) is 24.3 Å². The molecule has 0 N–H and O–H groups in total. The van der Waals surface area contributed by atoms with Crippen molar-refractivity contribution in [3.05, 3.63) is 54.6 Å². The van der Waals surface area contributed by atoms with E-state index in [-0.39, 0.29) is 0 Å². The van der Waals surface area contributed by atoms with E-state index in [0.29, 0.717) is 11.4 Å². The molecule has 0 spiro atoms. The van der Waals surface area contributed by atoms with Gasteiger partial charge in [-0.2, -0.15) is 0 Å². The monoisotopic (exact) mass is 319 g/mol. The summed E-state index contributed by atoms with van der Waals surface area (Å²) in [6, 6.07) is 16.5. The molecule has 0 fully saturated rings. The summed E-state index contributed by atoms with van der Waals surface area (Å²) in [4.78, 5) is 0. The van der Waals surface area contributed by atoms with Gasteiger partial charge in [0.05, 0.1) is 11.9 Å². The average molecular weight is 319 g/mol. The Morgan fingerprint density at radius 3 is 1.82 bits per heavy atom. The van der Waals surface area contributed by atoms with Gasteiger partial charge < -0.3 is 4.74 Å². The van der Waals surface area contributed by atoms with E-state index in [4.69, 9.17) is 4.74 Å². The zero-order chi connectivity index (χ0) is 16.4. The topological polar surface area (TPSA) is 46.6 Å². The second-order valence-corrected chi connectivity index (χ2v) is 7.94. The molecule has 0 aliphatic carbocycles. The molecule has 2 rings (SSSR count). The minimum atomic E-state index is -3.35. The van der Waals surface area contributed by atoms with E-state index in [1.165, 1.54) is 10.6 Å². The van der Waals surface area contributed by atoms with Crippen LogP contribution in [0.25, 0.3) is 0 Å². The SMILES string of the molecule is CC(C)(C)N(c1ccc(Oc2ccccc2)cc1)S(C)(=O)=O. The molecule has 2 aromatic carbocycles. The summed E-state index contributed by atoms with van der Waals surface area (Å²) in [5.74, 6) is 1.41. The maximum absolute atomic E-state index is 12.0. The van der Waals surface area contributed by atoms with Crippen molar-refractivity contribution in [2.75, 3.05) is 10.6 Å². The van der Waals surface area contributed by atoms with Crippen molar-refractivity contribution in [1.29, 1.82) is 0 Å². The first-order valence-corrected chi connectivity index (χ1v) is 8.86. The Labute approximate surface area is 132 Å². The lowest BCUT2D eigenvalue weighted by molar-refractivity contribution is 0.482. The maximum atomic E-state index is 12.0. The molecule has 0 unspecified atom stereocenters. The predicted molar refractivity (Wildman–Crippen MR) is 90.0 cm³/mol. The number of rotatable bonds is 4. The molecule has 0 aliphatic rings. The first-order valence-electron chi connectivity index (χ1n) is 7.01. The highest BCUT2D eigenvalue weighted by atomic mass is 32.2. The van der Waals surface area contributed by atoms with Crippen LogP contribution in [0.15, 0.2) is 54.6 Å². The number of hydrogen-bond donors (Lipinski definition) is 0. The predicted octanol–water partition coefficient (Wildman–Crippen LogP) is 4.04. The van der Waals surface area contributed by atoms with Crippen LogP contribution in [0.2, 0.25) is 0 Å². The van der Waals surface area contributed by atoms with Gasteiger partial charge in [-0.25, -0.2) is 8.42 Å². The Morgan fingerprint density at radius 2 is 1.36 bits per heavy atom. The van der Waals surface area contributed by atoms with Gasteiger partial charge in [-0.1, -0.05) is 18.2 Å². The van der Waals surface area contributed by atoms with Crippen LogP contribution < -0.4 is 9.04 Å². The minimum absolute atomic E-state index is 0.532. The number of anilines is 1. The number of nitrogens with zero attached hydrogens (tertiary/aromatic N) is 1. The molecule has 0 atom stereocenters. The highest BCUT2D eigenvalue weighted by molar-refractivity contribution is 7.92. The Balaban J connectivity index is 2.27. The van der Waals surface area contributed by atoms with E-state index in [1.807, 2.05) is 51.1 Å². The second-order valence-electron chi connectivity index (χ2n) is 6.11. The van der Waals surface area contributed by atoms with Gasteiger partial charge in [0.25, 0.3) is 0 Å². The van der Waals surface area contributed by atoms with Crippen LogP contribution >= 0.6 is 0 Å². The van der Waals surface area contributed by atoms with Gasteiger partial charge in [-0.05, 0) is 57.2 Å². The summed E-state index contributed by atoms with van der Waals surface area (Å²) in [6.07, 6.45) is 1.21. The van der Waals surface area contributed by atoms with Crippen molar-refractivity contribution in [2.45, 2.75) is 26.3 Å². The zero-order valence-electron chi connectivity index (χ0n) is 13.3. The normalized spacial score (nSPS) is 12.0. The molecule has 2 aromatic rings. The van der Waals surface area contributed by atoms with Crippen LogP contribution in [-0.4, -0.2) is 20.2 Å². The third-order valence-corrected chi connectivity index (χ3v) is 4.41. The third-order valence-electron chi connectivity index (χ3n) is 2.99. The highest BCUT2D eigenvalue weighted by Gasteiger charge is 2.29. The van der Waals surface area contributed by atoms with Gasteiger partial charge in [0.15, 0.2) is 0 Å². The Kier molecular flexibility index (Phi) is 4.47. The van der Waals surface area contributed by atoms with Crippen LogP contribution in [0.5, 0.6) is 11.5 Å². The van der Waals surface area contributed by atoms with Crippen LogP contribution in [0.3, 0.4) is 0 Å². The van der Waals surface area contributed by atoms with Gasteiger partial charge in [0.1, 0.15) is 11.5 Å². The number of sulfonamides is 1. The van der Waals surface area contributed by atoms with E-state index in [9.17, 15) is 8.42 Å². The molecular formula is C17H21NO3S. The number of ether oxygens (including phenoxy) is 1. The summed E-state index contributed by atoms with van der Waals surface area (Å²) in [5.41, 5.74) is 0.0884. The fraction of sp³-hybridized carbons (Fsp3) is 0.294. The van der Waals surface area contributed by atoms with Gasteiger partial charge >= 0.3 is 0 Å². The van der Waals surface area contributed by atoms with Crippen molar-refractivity contribution in [3.8, 4) is 11.5 Å². The second kappa shape index (κ2) is 6.01. The smallest absolute Gasteiger partial charge is 0.232 e. The van der Waals surface area contributed by atoms with Crippen molar-refractivity contribution < 1.29 is 13.2 Å². The van der Waals surface area contributed by atoms with Crippen molar-refractivity contribution in [2.24, 2.45) is 0 Å². The number of benzene rings is 2. The molecule has 0 aliphatic heterocycles. The summed E-state index contributed by atoms with van der Waals surface area (Å²) in [7, 11) is -3.35. The molecular weight excluding hydrogens is 298 g/mol. The molecule has 0 saturated heterocycles. The molecule has 4 nitrogen and oxygen atoms in total. The van der Waals surface area contributed by atoms with Crippen molar-refractivity contribution >= 4 is 15.7 Å². The first kappa shape index (κ1) is 16.4. The molecule has 22 heavy (non-hydrogen) atoms. The summed E-state index contributed by atoms with van der Waals surface area (Å²) in [5, 5.41) is 0. The Hall–Kier alpha value is -2.01. The van der Waals surface area contributed by atoms with Crippen LogP contribution in [0.1, 0.15) is 20.8 Å². The van der Waals surface area contributed by atoms with Crippen LogP contribution in [0.4, 0.5) is 5.69 Å². The molecule has 5 heteroatoms. The van der Waals surface area contributed by atoms with E-state index >= 15 is 0 Å². The van der Waals surface area contributed by atoms with Gasteiger partial charge in [-0.3, -0.25) is 4.31 Å². The van der Waals surface area contributed by atoms with E-state index in [2.05, 4.69) is 0 Å². The lowest BCUT2D eigenvalue weighted by Gasteiger charge is -2.35. The summed E-state index contributed by atoms with van der Waals surface area (Å²) in [6.45, 7) is 5.59. The molecule has 0 radical (unpaired) electrons. The summed E-state index contributed by atoms with van der Waals surface area (Å²) >= 11 is 0. The average Bonchev–Trinajstić information content (AvgIpc) is 2.39. The Bertz CT molecular complexity index is 717. The minimum Gasteiger partial charge on any atom is -0.457 e. The number of para-hydroxylation sites is 1. The maximum Gasteiger partial charge on any atom is 0.232 e. The van der Waals surface area contributed by atoms with Crippen molar-refractivity contribution in [3.63, 3.8) is 0 Å². The number of hydrogen-bond acceptors (Lipinski definition) is 3. The lowest BCUT2D eigenvalue weighted by atomic mass is 10.1. The highest BCUT2D eigenvalue weighted by Crippen LogP contribution is 2.30. The van der Waals surface area contributed by atoms with Crippen molar-refractivity contribution in [1.82, 2.24) is 0 Å². The first-order chi connectivity index (χ1) is 10.2. The lowest BCUT2D eigenvalue weighted by Crippen LogP contribution is -2.45. The van der Waals surface area contributed by atoms with Gasteiger partial charge in [-0.15, -0.1) is 0 Å². The molecule has 0 aromatic heterocycles. The largest absolute Gasteiger partial charge is 0.457 e. The fourth-order valence-corrected chi connectivity index (χ4v) is 3.85. The third kappa shape index (κ3) is 4.01. The van der Waals surface area contributed by atoms with Crippen LogP contribution in [-0.2, 0) is 10.0 Å². The van der Waals surface area contributed by atoms with Gasteiger partial charge in [0, 0.05) is 5.54 Å². The molecule has 0 heterocycles. The summed E-state index contributed by atoms with van der Waals surface area (Å²) < 4.78 is 31.2. The van der Waals surface area contributed by atoms with Crippen LogP contribution in [0, 0.1) is 0 Å². The molecule has 0 amide bonds. The molecule has 118 valence electrons. The quantitative estimate of drug-likeness (QED) is 0.854. The molecule has 0 bridgehead atoms. The standard InChI is InChI=1S/C17H21NO3S/c1-17(2,3)18(22(4,19)20)14-10-12-16(13-11-14)21-15-8-6-5-7-9-15/h5-13H,1-4H3.